The summed E-state index contributed by atoms with van der Waals surface area (Å²) >= 11 is 0. The maximum atomic E-state index is 13.2. The van der Waals surface area contributed by atoms with Crippen LogP contribution in [0.5, 0.6) is 28.7 Å². The van der Waals surface area contributed by atoms with Crippen molar-refractivity contribution in [1.29, 1.82) is 0 Å². The molecule has 0 atom stereocenters. The summed E-state index contributed by atoms with van der Waals surface area (Å²) in [7, 11) is 4.62. The number of nitrogens with zero attached hydrogens (tertiary/aromatic N) is 1. The zero-order valence-electron chi connectivity index (χ0n) is 18.7. The molecule has 2 aliphatic heterocycles. The zero-order valence-corrected chi connectivity index (χ0v) is 18.7. The number of phenolic OH excluding ortho intramolecular Hbond substituents is 1. The van der Waals surface area contributed by atoms with Crippen molar-refractivity contribution in [2.24, 2.45) is 0 Å². The summed E-state index contributed by atoms with van der Waals surface area (Å²) in [6.07, 6.45) is 1.62. The molecule has 1 fully saturated rings. The second kappa shape index (κ2) is 9.10. The highest BCUT2D eigenvalue weighted by atomic mass is 16.5. The number of aromatic hydroxyl groups is 1. The third-order valence-electron chi connectivity index (χ3n) is 5.73. The van der Waals surface area contributed by atoms with Gasteiger partial charge in [0.05, 0.1) is 45.7 Å². The Morgan fingerprint density at radius 1 is 1.03 bits per heavy atom. The number of ether oxygens (including phenoxy) is 5. The minimum Gasteiger partial charge on any atom is -0.507 e. The molecule has 0 aromatic heterocycles. The summed E-state index contributed by atoms with van der Waals surface area (Å²) in [6, 6.07) is 5.04. The van der Waals surface area contributed by atoms with Gasteiger partial charge in [-0.1, -0.05) is 0 Å². The van der Waals surface area contributed by atoms with Crippen LogP contribution >= 0.6 is 0 Å². The Bertz CT molecular complexity index is 1070. The van der Waals surface area contributed by atoms with Crippen molar-refractivity contribution in [1.82, 2.24) is 4.90 Å². The van der Waals surface area contributed by atoms with Gasteiger partial charge < -0.3 is 28.8 Å². The number of rotatable bonds is 6. The predicted octanol–water partition coefficient (Wildman–Crippen LogP) is 3.17. The summed E-state index contributed by atoms with van der Waals surface area (Å²) in [5.74, 6) is 1.97. The van der Waals surface area contributed by atoms with Gasteiger partial charge in [0, 0.05) is 31.3 Å². The topological polar surface area (TPSA) is 86.7 Å². The van der Waals surface area contributed by atoms with E-state index in [0.29, 0.717) is 65.0 Å². The Kier molecular flexibility index (Phi) is 6.25. The van der Waals surface area contributed by atoms with Crippen LogP contribution in [-0.2, 0) is 11.3 Å². The number of allylic oxidation sites excluding steroid dienone is 1. The van der Waals surface area contributed by atoms with E-state index in [0.717, 1.165) is 13.1 Å². The van der Waals surface area contributed by atoms with Gasteiger partial charge in [0.25, 0.3) is 0 Å². The fourth-order valence-corrected chi connectivity index (χ4v) is 4.02. The van der Waals surface area contributed by atoms with E-state index in [1.165, 1.54) is 7.11 Å². The smallest absolute Gasteiger partial charge is 0.232 e. The van der Waals surface area contributed by atoms with Crippen LogP contribution in [0.15, 0.2) is 24.0 Å². The van der Waals surface area contributed by atoms with Gasteiger partial charge in [0.2, 0.25) is 5.78 Å². The van der Waals surface area contributed by atoms with E-state index >= 15 is 0 Å². The monoisotopic (exact) mass is 441 g/mol. The van der Waals surface area contributed by atoms with E-state index in [9.17, 15) is 9.90 Å². The van der Waals surface area contributed by atoms with Gasteiger partial charge in [-0.3, -0.25) is 9.69 Å². The van der Waals surface area contributed by atoms with Gasteiger partial charge in [-0.15, -0.1) is 0 Å². The van der Waals surface area contributed by atoms with Gasteiger partial charge >= 0.3 is 0 Å². The highest BCUT2D eigenvalue weighted by Gasteiger charge is 2.34. The normalized spacial score (nSPS) is 17.2. The number of Topliss-reactive ketones (excluding diaryl/α,β-unsaturated/α-hetero) is 1. The number of methoxy groups -OCH3 is 3. The van der Waals surface area contributed by atoms with E-state index in [1.54, 1.807) is 45.4 Å². The quantitative estimate of drug-likeness (QED) is 0.684. The van der Waals surface area contributed by atoms with Gasteiger partial charge in [-0.2, -0.15) is 0 Å². The van der Waals surface area contributed by atoms with Gasteiger partial charge in [-0.25, -0.2) is 0 Å². The first-order chi connectivity index (χ1) is 15.5. The Labute approximate surface area is 186 Å². The molecular weight excluding hydrogens is 414 g/mol. The average molecular weight is 441 g/mol. The number of carbonyl (C=O) groups is 1. The maximum absolute atomic E-state index is 13.2. The first-order valence-electron chi connectivity index (χ1n) is 10.4. The largest absolute Gasteiger partial charge is 0.507 e. The molecule has 4 rings (SSSR count). The van der Waals surface area contributed by atoms with Crippen molar-refractivity contribution in [3.8, 4) is 28.7 Å². The SMILES string of the molecule is COc1cc(OC)c(OC)cc1/C=C1\Oc2c(CN3CCOCC3)c(O)cc(C)c2C1=O. The van der Waals surface area contributed by atoms with E-state index in [-0.39, 0.29) is 17.3 Å². The highest BCUT2D eigenvalue weighted by molar-refractivity contribution is 6.16. The maximum Gasteiger partial charge on any atom is 0.232 e. The van der Waals surface area contributed by atoms with Crippen molar-refractivity contribution in [2.45, 2.75) is 13.5 Å². The second-order valence-electron chi connectivity index (χ2n) is 7.67. The molecule has 0 amide bonds. The van der Waals surface area contributed by atoms with E-state index in [2.05, 4.69) is 4.90 Å². The number of phenols is 1. The van der Waals surface area contributed by atoms with Crippen LogP contribution in [0.4, 0.5) is 0 Å². The van der Waals surface area contributed by atoms with Crippen molar-refractivity contribution in [3.05, 3.63) is 46.2 Å². The molecule has 2 heterocycles. The van der Waals surface area contributed by atoms with Crippen molar-refractivity contribution >= 4 is 11.9 Å². The van der Waals surface area contributed by atoms with Gasteiger partial charge in [0.1, 0.15) is 17.2 Å². The van der Waals surface area contributed by atoms with Crippen molar-refractivity contribution in [2.75, 3.05) is 47.6 Å². The first-order valence-corrected chi connectivity index (χ1v) is 10.4. The summed E-state index contributed by atoms with van der Waals surface area (Å²) < 4.78 is 27.6. The van der Waals surface area contributed by atoms with Crippen LogP contribution in [0.1, 0.15) is 27.0 Å². The number of ketones is 1. The molecule has 2 aliphatic rings. The molecule has 0 aliphatic carbocycles. The molecule has 1 saturated heterocycles. The Morgan fingerprint density at radius 2 is 1.69 bits per heavy atom. The molecule has 170 valence electrons. The van der Waals surface area contributed by atoms with Crippen molar-refractivity contribution in [3.63, 3.8) is 0 Å². The van der Waals surface area contributed by atoms with Crippen molar-refractivity contribution < 1.29 is 33.6 Å². The third-order valence-corrected chi connectivity index (χ3v) is 5.73. The summed E-state index contributed by atoms with van der Waals surface area (Å²) in [5.41, 5.74) is 2.34. The second-order valence-corrected chi connectivity index (χ2v) is 7.67. The number of hydrogen-bond acceptors (Lipinski definition) is 8. The zero-order chi connectivity index (χ0) is 22.8. The lowest BCUT2D eigenvalue weighted by atomic mass is 9.99. The fourth-order valence-electron chi connectivity index (χ4n) is 4.02. The van der Waals surface area contributed by atoms with E-state index in [1.807, 2.05) is 0 Å². The first kappa shape index (κ1) is 22.0. The molecule has 0 radical (unpaired) electrons. The number of morpholine rings is 1. The number of hydrogen-bond donors (Lipinski definition) is 1. The van der Waals surface area contributed by atoms with Crippen LogP contribution in [-0.4, -0.2) is 63.4 Å². The molecule has 8 heteroatoms. The molecular formula is C24H27NO7. The van der Waals surface area contributed by atoms with Crippen LogP contribution in [0, 0.1) is 6.92 Å². The molecule has 0 spiro atoms. The Hall–Kier alpha value is -3.23. The van der Waals surface area contributed by atoms with Crippen LogP contribution in [0.3, 0.4) is 0 Å². The Balaban J connectivity index is 1.74. The number of carbonyl (C=O) groups excluding carboxylic acids is 1. The lowest BCUT2D eigenvalue weighted by Gasteiger charge is -2.27. The van der Waals surface area contributed by atoms with Gasteiger partial charge in [-0.05, 0) is 30.7 Å². The lowest BCUT2D eigenvalue weighted by molar-refractivity contribution is 0.0336. The lowest BCUT2D eigenvalue weighted by Crippen LogP contribution is -2.35. The standard InChI is InChI=1S/C24H27NO7/c1-14-9-17(26)16(13-25-5-7-31-8-6-25)24-22(14)23(27)21(32-24)11-15-10-19(29-3)20(30-4)12-18(15)28-2/h9-12,26H,5-8,13H2,1-4H3/b21-11-. The minimum absolute atomic E-state index is 0.116. The number of benzene rings is 2. The van der Waals surface area contributed by atoms with E-state index in [4.69, 9.17) is 23.7 Å². The van der Waals surface area contributed by atoms with E-state index < -0.39 is 0 Å². The fraction of sp³-hybridized carbons (Fsp3) is 0.375. The van der Waals surface area contributed by atoms with Crippen LogP contribution in [0.2, 0.25) is 0 Å². The molecule has 8 nitrogen and oxygen atoms in total. The number of aryl methyl sites for hydroxylation is 1. The molecule has 2 aromatic carbocycles. The summed E-state index contributed by atoms with van der Waals surface area (Å²) in [5, 5.41) is 10.6. The minimum atomic E-state index is -0.238. The molecule has 32 heavy (non-hydrogen) atoms. The molecule has 0 bridgehead atoms. The number of fused-ring (bicyclic) bond motifs is 1. The molecule has 0 saturated carbocycles. The van der Waals surface area contributed by atoms with Crippen LogP contribution < -0.4 is 18.9 Å². The highest BCUT2D eigenvalue weighted by Crippen LogP contribution is 2.43. The predicted molar refractivity (Wildman–Crippen MR) is 118 cm³/mol. The Morgan fingerprint density at radius 3 is 2.34 bits per heavy atom. The summed E-state index contributed by atoms with van der Waals surface area (Å²) in [4.78, 5) is 15.4. The third kappa shape index (κ3) is 3.99. The molecule has 0 unspecified atom stereocenters. The van der Waals surface area contributed by atoms with Crippen LogP contribution in [0.25, 0.3) is 6.08 Å². The summed E-state index contributed by atoms with van der Waals surface area (Å²) in [6.45, 7) is 5.04. The average Bonchev–Trinajstić information content (AvgIpc) is 3.13. The molecule has 1 N–H and O–H groups in total. The van der Waals surface area contributed by atoms with Gasteiger partial charge in [0.15, 0.2) is 17.3 Å². The molecule has 2 aromatic rings.